The van der Waals surface area contributed by atoms with Gasteiger partial charge in [0.1, 0.15) is 0 Å². The molecule has 0 amide bonds. The molecule has 1 aromatic rings. The lowest BCUT2D eigenvalue weighted by Crippen LogP contribution is -1.97. The summed E-state index contributed by atoms with van der Waals surface area (Å²) in [5.41, 5.74) is 7.08. The highest BCUT2D eigenvalue weighted by atomic mass is 14.7. The first-order valence-electron chi connectivity index (χ1n) is 6.42. The third-order valence-corrected chi connectivity index (χ3v) is 2.85. The molecule has 0 saturated heterocycles. The molecule has 0 saturated carbocycles. The van der Waals surface area contributed by atoms with E-state index < -0.39 is 0 Å². The fourth-order valence-electron chi connectivity index (χ4n) is 1.70. The molecule has 1 aromatic carbocycles. The number of nitrogens with zero attached hydrogens (tertiary/aromatic N) is 1. The molecule has 1 rings (SSSR count). The summed E-state index contributed by atoms with van der Waals surface area (Å²) in [6.45, 7) is 14.5. The molecule has 96 valence electrons. The van der Waals surface area contributed by atoms with Gasteiger partial charge in [-0.1, -0.05) is 31.2 Å². The Kier molecular flexibility index (Phi) is 5.08. The lowest BCUT2D eigenvalue weighted by molar-refractivity contribution is 1.24. The zero-order chi connectivity index (χ0) is 13.7. The van der Waals surface area contributed by atoms with Gasteiger partial charge in [0.25, 0.3) is 0 Å². The summed E-state index contributed by atoms with van der Waals surface area (Å²) in [5.74, 6) is 0. The average molecular weight is 241 g/mol. The van der Waals surface area contributed by atoms with Gasteiger partial charge >= 0.3 is 0 Å². The molecule has 1 nitrogen and oxygen atoms in total. The molecule has 0 bridgehead atoms. The molecular weight excluding hydrogens is 218 g/mol. The molecule has 0 heterocycles. The third-order valence-electron chi connectivity index (χ3n) is 2.85. The number of aryl methyl sites for hydroxylation is 1. The Morgan fingerprint density at radius 1 is 1.17 bits per heavy atom. The van der Waals surface area contributed by atoms with E-state index in [-0.39, 0.29) is 0 Å². The van der Waals surface area contributed by atoms with Crippen molar-refractivity contribution >= 4 is 11.3 Å². The number of hydrogen-bond donors (Lipinski definition) is 0. The van der Waals surface area contributed by atoms with Crippen LogP contribution in [0, 0.1) is 6.92 Å². The summed E-state index contributed by atoms with van der Waals surface area (Å²) >= 11 is 0. The van der Waals surface area contributed by atoms with Crippen molar-refractivity contribution in [1.82, 2.24) is 0 Å². The lowest BCUT2D eigenvalue weighted by Gasteiger charge is -2.08. The number of rotatable bonds is 4. The maximum absolute atomic E-state index is 4.49. The second-order valence-corrected chi connectivity index (χ2v) is 4.97. The van der Waals surface area contributed by atoms with Crippen LogP contribution >= 0.6 is 0 Å². The zero-order valence-electron chi connectivity index (χ0n) is 12.2. The fourth-order valence-corrected chi connectivity index (χ4v) is 1.70. The second kappa shape index (κ2) is 6.34. The number of hydrogen-bond acceptors (Lipinski definition) is 1. The van der Waals surface area contributed by atoms with Crippen molar-refractivity contribution < 1.29 is 0 Å². The van der Waals surface area contributed by atoms with E-state index in [2.05, 4.69) is 57.5 Å². The van der Waals surface area contributed by atoms with Crippen LogP contribution in [0.2, 0.25) is 0 Å². The van der Waals surface area contributed by atoms with E-state index in [4.69, 9.17) is 0 Å². The van der Waals surface area contributed by atoms with Crippen LogP contribution in [0.1, 0.15) is 50.8 Å². The first-order chi connectivity index (χ1) is 8.43. The Labute approximate surface area is 111 Å². The van der Waals surface area contributed by atoms with E-state index in [1.807, 2.05) is 13.1 Å². The van der Waals surface area contributed by atoms with Crippen molar-refractivity contribution in [1.29, 1.82) is 0 Å². The smallest absolute Gasteiger partial charge is 0.0445 e. The van der Waals surface area contributed by atoms with Crippen molar-refractivity contribution in [2.24, 2.45) is 4.99 Å². The van der Waals surface area contributed by atoms with Gasteiger partial charge in [-0.15, -0.1) is 0 Å². The highest BCUT2D eigenvalue weighted by Crippen LogP contribution is 2.20. The minimum atomic E-state index is 0.979. The van der Waals surface area contributed by atoms with Crippen molar-refractivity contribution in [3.05, 3.63) is 53.2 Å². The zero-order valence-corrected chi connectivity index (χ0v) is 12.2. The van der Waals surface area contributed by atoms with Gasteiger partial charge in [-0.2, -0.15) is 0 Å². The van der Waals surface area contributed by atoms with Crippen LogP contribution < -0.4 is 0 Å². The summed E-state index contributed by atoms with van der Waals surface area (Å²) in [7, 11) is 0. The molecular formula is C17H23N. The molecule has 1 heteroatoms. The van der Waals surface area contributed by atoms with Crippen LogP contribution in [0.3, 0.4) is 0 Å². The number of aliphatic imine (C=N–C) groups is 1. The van der Waals surface area contributed by atoms with Crippen LogP contribution in [0.25, 0.3) is 5.57 Å². The van der Waals surface area contributed by atoms with Gasteiger partial charge in [0.15, 0.2) is 0 Å². The van der Waals surface area contributed by atoms with E-state index >= 15 is 0 Å². The first kappa shape index (κ1) is 14.4. The summed E-state index contributed by atoms with van der Waals surface area (Å²) in [4.78, 5) is 4.49. The van der Waals surface area contributed by atoms with Gasteiger partial charge in [0.05, 0.1) is 0 Å². The lowest BCUT2D eigenvalue weighted by atomic mass is 9.98. The second-order valence-electron chi connectivity index (χ2n) is 4.97. The normalized spacial score (nSPS) is 11.3. The van der Waals surface area contributed by atoms with Gasteiger partial charge in [-0.3, -0.25) is 4.99 Å². The van der Waals surface area contributed by atoms with Crippen LogP contribution in [-0.2, 0) is 0 Å². The standard InChI is InChI=1S/C17H23N/c1-7-14(5)16-8-13(4)9-17(10-16)15(6)18-11-12(2)3/h8-11H,5,7H2,1-4,6H3. The van der Waals surface area contributed by atoms with E-state index in [9.17, 15) is 0 Å². The minimum Gasteiger partial charge on any atom is -0.261 e. The van der Waals surface area contributed by atoms with Gasteiger partial charge < -0.3 is 0 Å². The summed E-state index contributed by atoms with van der Waals surface area (Å²) < 4.78 is 0. The maximum atomic E-state index is 4.49. The molecule has 0 spiro atoms. The molecule has 0 aliphatic rings. The third kappa shape index (κ3) is 3.99. The Bertz CT molecular complexity index is 500. The summed E-state index contributed by atoms with van der Waals surface area (Å²) in [6, 6.07) is 6.53. The predicted molar refractivity (Wildman–Crippen MR) is 82.1 cm³/mol. The average Bonchev–Trinajstić information content (AvgIpc) is 2.34. The Balaban J connectivity index is 3.18. The molecule has 18 heavy (non-hydrogen) atoms. The van der Waals surface area contributed by atoms with E-state index in [1.54, 1.807) is 0 Å². The number of benzene rings is 1. The molecule has 0 aliphatic heterocycles. The van der Waals surface area contributed by atoms with Crippen LogP contribution in [-0.4, -0.2) is 5.71 Å². The van der Waals surface area contributed by atoms with Crippen LogP contribution in [0.4, 0.5) is 0 Å². The largest absolute Gasteiger partial charge is 0.261 e. The SMILES string of the molecule is C=C(CC)c1cc(C)cc(C(C)=NC=C(C)C)c1. The van der Waals surface area contributed by atoms with Crippen molar-refractivity contribution in [3.63, 3.8) is 0 Å². The summed E-state index contributed by atoms with van der Waals surface area (Å²) in [6.07, 6.45) is 2.89. The van der Waals surface area contributed by atoms with Gasteiger partial charge in [0.2, 0.25) is 0 Å². The maximum Gasteiger partial charge on any atom is 0.0445 e. The van der Waals surface area contributed by atoms with Gasteiger partial charge in [0, 0.05) is 11.9 Å². The molecule has 0 aromatic heterocycles. The Hall–Kier alpha value is -1.63. The highest BCUT2D eigenvalue weighted by Gasteiger charge is 2.03. The molecule has 0 fully saturated rings. The molecule has 0 N–H and O–H groups in total. The Morgan fingerprint density at radius 2 is 1.78 bits per heavy atom. The fraction of sp³-hybridized carbons (Fsp3) is 0.353. The molecule has 0 unspecified atom stereocenters. The van der Waals surface area contributed by atoms with Crippen LogP contribution in [0.5, 0.6) is 0 Å². The Morgan fingerprint density at radius 3 is 2.33 bits per heavy atom. The van der Waals surface area contributed by atoms with Crippen molar-refractivity contribution in [2.75, 3.05) is 0 Å². The summed E-state index contributed by atoms with van der Waals surface area (Å²) in [5, 5.41) is 0. The van der Waals surface area contributed by atoms with E-state index in [1.165, 1.54) is 27.8 Å². The van der Waals surface area contributed by atoms with E-state index in [0.29, 0.717) is 0 Å². The highest BCUT2D eigenvalue weighted by molar-refractivity contribution is 5.99. The van der Waals surface area contributed by atoms with Gasteiger partial charge in [-0.25, -0.2) is 0 Å². The molecule has 0 radical (unpaired) electrons. The van der Waals surface area contributed by atoms with Crippen molar-refractivity contribution in [3.8, 4) is 0 Å². The first-order valence-corrected chi connectivity index (χ1v) is 6.42. The van der Waals surface area contributed by atoms with Gasteiger partial charge in [-0.05, 0) is 62.4 Å². The van der Waals surface area contributed by atoms with Crippen molar-refractivity contribution in [2.45, 2.75) is 41.0 Å². The minimum absolute atomic E-state index is 0.979. The number of allylic oxidation sites excluding steroid dienone is 2. The van der Waals surface area contributed by atoms with E-state index in [0.717, 1.165) is 12.1 Å². The predicted octanol–water partition coefficient (Wildman–Crippen LogP) is 5.15. The quantitative estimate of drug-likeness (QED) is 0.646. The monoisotopic (exact) mass is 241 g/mol. The molecule has 0 aliphatic carbocycles. The topological polar surface area (TPSA) is 12.4 Å². The molecule has 0 atom stereocenters. The van der Waals surface area contributed by atoms with Crippen LogP contribution in [0.15, 0.2) is 41.5 Å².